The molecule has 0 N–H and O–H groups in total. The molecular weight excluding hydrogens is 665 g/mol. The van der Waals surface area contributed by atoms with Gasteiger partial charge < -0.3 is 0 Å². The van der Waals surface area contributed by atoms with Crippen LogP contribution in [0.15, 0.2) is 182 Å². The van der Waals surface area contributed by atoms with Gasteiger partial charge in [-0.2, -0.15) is 0 Å². The summed E-state index contributed by atoms with van der Waals surface area (Å²) in [4.78, 5) is 20.6. The number of thiophene rings is 1. The second kappa shape index (κ2) is 13.1. The summed E-state index contributed by atoms with van der Waals surface area (Å²) in [5.74, 6) is 1.37. The summed E-state index contributed by atoms with van der Waals surface area (Å²) in [6.45, 7) is 0. The van der Waals surface area contributed by atoms with Gasteiger partial charge in [0.15, 0.2) is 11.6 Å². The number of aromatic nitrogens is 4. The van der Waals surface area contributed by atoms with Gasteiger partial charge in [-0.25, -0.2) is 19.9 Å². The van der Waals surface area contributed by atoms with Crippen molar-refractivity contribution in [1.82, 2.24) is 19.9 Å². The Balaban J connectivity index is 1.04. The first-order valence-corrected chi connectivity index (χ1v) is 18.5. The third-order valence-electron chi connectivity index (χ3n) is 9.76. The molecule has 10 aromatic rings. The number of rotatable bonds is 6. The molecule has 4 nitrogen and oxygen atoms in total. The molecule has 53 heavy (non-hydrogen) atoms. The molecule has 10 rings (SSSR count). The maximum absolute atomic E-state index is 5.23. The summed E-state index contributed by atoms with van der Waals surface area (Å²) < 4.78 is 2.29. The molecule has 0 spiro atoms. The van der Waals surface area contributed by atoms with E-state index in [4.69, 9.17) is 19.9 Å². The Morgan fingerprint density at radius 1 is 0.302 bits per heavy atom. The first-order chi connectivity index (χ1) is 26.2. The average Bonchev–Trinajstić information content (AvgIpc) is 3.62. The maximum Gasteiger partial charge on any atom is 0.160 e. The summed E-state index contributed by atoms with van der Waals surface area (Å²) in [6, 6.07) is 63.2. The van der Waals surface area contributed by atoms with Gasteiger partial charge in [0.05, 0.1) is 27.1 Å². The lowest BCUT2D eigenvalue weighted by Gasteiger charge is -2.11. The lowest BCUT2D eigenvalue weighted by atomic mass is 10.0. The predicted molar refractivity (Wildman–Crippen MR) is 221 cm³/mol. The molecule has 7 aromatic carbocycles. The van der Waals surface area contributed by atoms with Crippen molar-refractivity contribution in [1.29, 1.82) is 0 Å². The molecule has 0 saturated heterocycles. The summed E-state index contributed by atoms with van der Waals surface area (Å²) >= 11 is 1.75. The molecule has 0 radical (unpaired) electrons. The summed E-state index contributed by atoms with van der Waals surface area (Å²) in [6.07, 6.45) is 0. The van der Waals surface area contributed by atoms with Crippen LogP contribution in [0.3, 0.4) is 0 Å². The molecule has 0 saturated carbocycles. The number of fused-ring (bicyclic) bond motifs is 4. The Hall–Kier alpha value is -6.82. The molecule has 0 aliphatic rings. The Morgan fingerprint density at radius 2 is 0.736 bits per heavy atom. The van der Waals surface area contributed by atoms with Crippen molar-refractivity contribution in [2.75, 3.05) is 0 Å². The monoisotopic (exact) mass is 694 g/mol. The van der Waals surface area contributed by atoms with E-state index in [2.05, 4.69) is 158 Å². The van der Waals surface area contributed by atoms with E-state index in [-0.39, 0.29) is 0 Å². The first-order valence-electron chi connectivity index (χ1n) is 17.6. The zero-order chi connectivity index (χ0) is 35.1. The van der Waals surface area contributed by atoms with Gasteiger partial charge in [-0.1, -0.05) is 170 Å². The lowest BCUT2D eigenvalue weighted by Crippen LogP contribution is -1.96. The maximum atomic E-state index is 5.23. The highest BCUT2D eigenvalue weighted by atomic mass is 32.1. The fourth-order valence-corrected chi connectivity index (χ4v) is 8.17. The van der Waals surface area contributed by atoms with E-state index in [0.717, 1.165) is 60.1 Å². The van der Waals surface area contributed by atoms with E-state index in [1.807, 2.05) is 24.3 Å². The number of para-hydroxylation sites is 1. The zero-order valence-electron chi connectivity index (χ0n) is 28.5. The van der Waals surface area contributed by atoms with Crippen LogP contribution in [0.4, 0.5) is 0 Å². The molecule has 248 valence electrons. The molecule has 0 aliphatic heterocycles. The minimum Gasteiger partial charge on any atom is -0.228 e. The quantitative estimate of drug-likeness (QED) is 0.174. The van der Waals surface area contributed by atoms with Crippen molar-refractivity contribution in [2.45, 2.75) is 0 Å². The van der Waals surface area contributed by atoms with Crippen LogP contribution < -0.4 is 0 Å². The summed E-state index contributed by atoms with van der Waals surface area (Å²) in [5.41, 5.74) is 12.4. The fourth-order valence-electron chi connectivity index (χ4n) is 7.01. The third kappa shape index (κ3) is 5.74. The highest BCUT2D eigenvalue weighted by molar-refractivity contribution is 7.26. The van der Waals surface area contributed by atoms with Crippen LogP contribution in [0.1, 0.15) is 0 Å². The van der Waals surface area contributed by atoms with Gasteiger partial charge in [-0.05, 0) is 34.4 Å². The van der Waals surface area contributed by atoms with Crippen molar-refractivity contribution in [3.63, 3.8) is 0 Å². The van der Waals surface area contributed by atoms with Crippen LogP contribution in [0.25, 0.3) is 98.7 Å². The summed E-state index contributed by atoms with van der Waals surface area (Å²) in [7, 11) is 0. The Bertz CT molecular complexity index is 2900. The van der Waals surface area contributed by atoms with Gasteiger partial charge in [0.1, 0.15) is 0 Å². The van der Waals surface area contributed by atoms with E-state index in [9.17, 15) is 0 Å². The van der Waals surface area contributed by atoms with Gasteiger partial charge in [-0.3, -0.25) is 0 Å². The van der Waals surface area contributed by atoms with E-state index in [0.29, 0.717) is 11.6 Å². The van der Waals surface area contributed by atoms with E-state index in [1.165, 1.54) is 27.0 Å². The van der Waals surface area contributed by atoms with Crippen molar-refractivity contribution >= 4 is 42.5 Å². The number of hydrogen-bond acceptors (Lipinski definition) is 5. The second-order valence-electron chi connectivity index (χ2n) is 13.0. The normalized spacial score (nSPS) is 11.4. The standard InChI is InChI=1S/C48H30N4S/c1-3-11-31(12-4-1)33-19-23-35(24-20-33)43-39-15-7-9-17-41(39)49-47(50-43)37-27-29-38(30-28-37)48-51-44(46-45(52-48)40-16-8-10-18-42(40)53-46)36-25-21-34(22-26-36)32-13-5-2-6-14-32/h1-30H. The van der Waals surface area contributed by atoms with E-state index >= 15 is 0 Å². The van der Waals surface area contributed by atoms with Gasteiger partial charge in [0.2, 0.25) is 0 Å². The molecule has 0 aliphatic carbocycles. The van der Waals surface area contributed by atoms with Gasteiger partial charge >= 0.3 is 0 Å². The van der Waals surface area contributed by atoms with E-state index in [1.54, 1.807) is 11.3 Å². The fraction of sp³-hybridized carbons (Fsp3) is 0. The highest BCUT2D eigenvalue weighted by Gasteiger charge is 2.18. The average molecular weight is 695 g/mol. The second-order valence-corrected chi connectivity index (χ2v) is 14.1. The van der Waals surface area contributed by atoms with Crippen LogP contribution in [0, 0.1) is 0 Å². The van der Waals surface area contributed by atoms with Crippen LogP contribution in [-0.4, -0.2) is 19.9 Å². The van der Waals surface area contributed by atoms with Crippen molar-refractivity contribution < 1.29 is 0 Å². The van der Waals surface area contributed by atoms with Gasteiger partial charge in [-0.15, -0.1) is 11.3 Å². The van der Waals surface area contributed by atoms with Crippen molar-refractivity contribution in [2.24, 2.45) is 0 Å². The highest BCUT2D eigenvalue weighted by Crippen LogP contribution is 2.40. The lowest BCUT2D eigenvalue weighted by molar-refractivity contribution is 1.22. The van der Waals surface area contributed by atoms with Crippen LogP contribution >= 0.6 is 11.3 Å². The largest absolute Gasteiger partial charge is 0.228 e. The van der Waals surface area contributed by atoms with Gasteiger partial charge in [0, 0.05) is 37.7 Å². The predicted octanol–water partition coefficient (Wildman–Crippen LogP) is 12.8. The van der Waals surface area contributed by atoms with E-state index < -0.39 is 0 Å². The SMILES string of the molecule is c1ccc(-c2ccc(-c3nc(-c4ccc(-c5nc(-c6ccc(-c7ccccc7)cc6)c6sc7ccccc7c6n5)cc4)nc4ccccc34)cc2)cc1. The van der Waals surface area contributed by atoms with Crippen molar-refractivity contribution in [3.05, 3.63) is 182 Å². The van der Waals surface area contributed by atoms with Crippen LogP contribution in [0.5, 0.6) is 0 Å². The van der Waals surface area contributed by atoms with Crippen LogP contribution in [0.2, 0.25) is 0 Å². The number of nitrogens with zero attached hydrogens (tertiary/aromatic N) is 4. The Kier molecular flexibility index (Phi) is 7.63. The number of hydrogen-bond donors (Lipinski definition) is 0. The molecule has 0 fully saturated rings. The smallest absolute Gasteiger partial charge is 0.160 e. The molecular formula is C48H30N4S. The minimum absolute atomic E-state index is 0.678. The molecule has 3 aromatic heterocycles. The first kappa shape index (κ1) is 31.0. The van der Waals surface area contributed by atoms with Crippen LogP contribution in [-0.2, 0) is 0 Å². The Morgan fingerprint density at radius 3 is 1.36 bits per heavy atom. The molecule has 5 heteroatoms. The molecule has 3 heterocycles. The van der Waals surface area contributed by atoms with Gasteiger partial charge in [0.25, 0.3) is 0 Å². The Labute approximate surface area is 310 Å². The zero-order valence-corrected chi connectivity index (χ0v) is 29.3. The molecule has 0 bridgehead atoms. The van der Waals surface area contributed by atoms with Crippen molar-refractivity contribution in [3.8, 4) is 67.5 Å². The minimum atomic E-state index is 0.678. The topological polar surface area (TPSA) is 51.6 Å². The summed E-state index contributed by atoms with van der Waals surface area (Å²) in [5, 5.41) is 2.16. The third-order valence-corrected chi connectivity index (χ3v) is 10.9. The molecule has 0 unspecified atom stereocenters. The number of benzene rings is 7. The molecule has 0 amide bonds. The molecule has 0 atom stereocenters.